The summed E-state index contributed by atoms with van der Waals surface area (Å²) >= 11 is 1.16. The SMILES string of the molecule is CCO[CH](C)[AlH2]. The Hall–Kier alpha value is 0.492. The van der Waals surface area contributed by atoms with Gasteiger partial charge in [0, 0.05) is 6.61 Å². The lowest BCUT2D eigenvalue weighted by Gasteiger charge is -2.00. The van der Waals surface area contributed by atoms with Crippen LogP contribution < -0.4 is 0 Å². The van der Waals surface area contributed by atoms with E-state index in [2.05, 4.69) is 6.92 Å². The van der Waals surface area contributed by atoms with Crippen molar-refractivity contribution in [2.45, 2.75) is 18.8 Å². The maximum Gasteiger partial charge on any atom is 0.258 e. The molecule has 0 amide bonds. The molecule has 1 nitrogen and oxygen atoms in total. The minimum absolute atomic E-state index is 0.537. The summed E-state index contributed by atoms with van der Waals surface area (Å²) in [5.74, 6) is 0. The molecule has 0 saturated heterocycles. The molecule has 0 spiro atoms. The average Bonchev–Trinajstić information content (AvgIpc) is 1.35. The van der Waals surface area contributed by atoms with Crippen LogP contribution in [0.15, 0.2) is 0 Å². The molecule has 0 N–H and O–H groups in total. The molecule has 36 valence electrons. The quantitative estimate of drug-likeness (QED) is 0.446. The number of rotatable bonds is 2. The van der Waals surface area contributed by atoms with Gasteiger partial charge in [0.2, 0.25) is 0 Å². The summed E-state index contributed by atoms with van der Waals surface area (Å²) in [7, 11) is 0. The van der Waals surface area contributed by atoms with Gasteiger partial charge in [-0.15, -0.1) is 0 Å². The smallest absolute Gasteiger partial charge is 0.258 e. The third-order valence-corrected chi connectivity index (χ3v) is 0.833. The van der Waals surface area contributed by atoms with Gasteiger partial charge in [-0.1, -0.05) is 6.92 Å². The zero-order chi connectivity index (χ0) is 4.99. The number of ether oxygens (including phenoxy) is 1. The first-order chi connectivity index (χ1) is 2.77. The van der Waals surface area contributed by atoms with E-state index in [0.29, 0.717) is 4.97 Å². The molecule has 0 fully saturated rings. The second-order valence-electron chi connectivity index (χ2n) is 1.50. The van der Waals surface area contributed by atoms with Gasteiger partial charge >= 0.3 is 0 Å². The van der Waals surface area contributed by atoms with E-state index < -0.39 is 0 Å². The van der Waals surface area contributed by atoms with Gasteiger partial charge in [0.05, 0.1) is 0 Å². The minimum atomic E-state index is 0.537. The van der Waals surface area contributed by atoms with Crippen LogP contribution in [0.25, 0.3) is 0 Å². The summed E-state index contributed by atoms with van der Waals surface area (Å²) in [5.41, 5.74) is 0. The molecule has 0 aliphatic carbocycles. The highest BCUT2D eigenvalue weighted by Gasteiger charge is 1.85. The molecule has 6 heavy (non-hydrogen) atoms. The maximum atomic E-state index is 5.10. The van der Waals surface area contributed by atoms with Crippen molar-refractivity contribution in [1.82, 2.24) is 0 Å². The third kappa shape index (κ3) is 4.49. The monoisotopic (exact) mass is 102 g/mol. The summed E-state index contributed by atoms with van der Waals surface area (Å²) in [6.45, 7) is 4.98. The second kappa shape index (κ2) is 3.67. The normalized spacial score (nSPS) is 14.3. The lowest BCUT2D eigenvalue weighted by atomic mass is 10.8. The standard InChI is InChI=1S/C4H9O.Al.2H/c1-3-5-4-2;;;/h3H,4H2,1-2H3;;;. The van der Waals surface area contributed by atoms with Crippen LogP contribution in [0.3, 0.4) is 0 Å². The molecule has 0 aromatic heterocycles. The molecule has 0 radical (unpaired) electrons. The first kappa shape index (κ1) is 6.49. The van der Waals surface area contributed by atoms with E-state index in [0.717, 1.165) is 22.9 Å². The van der Waals surface area contributed by atoms with E-state index in [1.54, 1.807) is 0 Å². The largest absolute Gasteiger partial charge is 0.395 e. The number of hydrogen-bond acceptors (Lipinski definition) is 1. The highest BCUT2D eigenvalue weighted by molar-refractivity contribution is 6.10. The van der Waals surface area contributed by atoms with Crippen molar-refractivity contribution in [1.29, 1.82) is 0 Å². The van der Waals surface area contributed by atoms with E-state index in [-0.39, 0.29) is 0 Å². The van der Waals surface area contributed by atoms with Crippen molar-refractivity contribution in [3.63, 3.8) is 0 Å². The van der Waals surface area contributed by atoms with Crippen LogP contribution in [0, 0.1) is 0 Å². The summed E-state index contributed by atoms with van der Waals surface area (Å²) in [5, 5.41) is 0. The fraction of sp³-hybridized carbons (Fsp3) is 1.00. The van der Waals surface area contributed by atoms with Crippen molar-refractivity contribution >= 4 is 16.3 Å². The van der Waals surface area contributed by atoms with E-state index in [9.17, 15) is 0 Å². The van der Waals surface area contributed by atoms with Crippen LogP contribution >= 0.6 is 0 Å². The van der Waals surface area contributed by atoms with Crippen molar-refractivity contribution < 1.29 is 4.74 Å². The molecule has 0 aromatic carbocycles. The molecule has 0 aliphatic rings. The Morgan fingerprint density at radius 2 is 2.33 bits per heavy atom. The third-order valence-electron chi connectivity index (χ3n) is 0.500. The minimum Gasteiger partial charge on any atom is -0.395 e. The van der Waals surface area contributed by atoms with Crippen LogP contribution in [0.1, 0.15) is 13.8 Å². The van der Waals surface area contributed by atoms with Crippen LogP contribution in [0.4, 0.5) is 0 Å². The van der Waals surface area contributed by atoms with E-state index in [4.69, 9.17) is 4.74 Å². The van der Waals surface area contributed by atoms with Gasteiger partial charge < -0.3 is 4.74 Å². The second-order valence-corrected chi connectivity index (χ2v) is 3.13. The summed E-state index contributed by atoms with van der Waals surface area (Å²) in [4.78, 5) is 0.537. The molecule has 2 heteroatoms. The van der Waals surface area contributed by atoms with Crippen molar-refractivity contribution in [3.05, 3.63) is 0 Å². The van der Waals surface area contributed by atoms with Crippen LogP contribution in [0.2, 0.25) is 0 Å². The van der Waals surface area contributed by atoms with Gasteiger partial charge in [-0.05, 0) is 11.9 Å². The molecule has 0 aromatic rings. The predicted molar refractivity (Wildman–Crippen MR) is 29.6 cm³/mol. The van der Waals surface area contributed by atoms with E-state index in [1.807, 2.05) is 6.92 Å². The summed E-state index contributed by atoms with van der Waals surface area (Å²) in [6, 6.07) is 0. The molecule has 0 bridgehead atoms. The van der Waals surface area contributed by atoms with Crippen LogP contribution in [0.5, 0.6) is 0 Å². The predicted octanol–water partition coefficient (Wildman–Crippen LogP) is 0.00200. The van der Waals surface area contributed by atoms with Gasteiger partial charge in [-0.2, -0.15) is 0 Å². The van der Waals surface area contributed by atoms with Crippen LogP contribution in [-0.2, 0) is 4.74 Å². The molecular weight excluding hydrogens is 91.0 g/mol. The van der Waals surface area contributed by atoms with Crippen molar-refractivity contribution in [2.24, 2.45) is 0 Å². The van der Waals surface area contributed by atoms with Gasteiger partial charge in [-0.3, -0.25) is 0 Å². The number of hydrogen-bond donors (Lipinski definition) is 0. The zero-order valence-electron chi connectivity index (χ0n) is 4.69. The Balaban J connectivity index is 2.63. The lowest BCUT2D eigenvalue weighted by Crippen LogP contribution is -2.05. The lowest BCUT2D eigenvalue weighted by molar-refractivity contribution is 0.132. The van der Waals surface area contributed by atoms with Crippen LogP contribution in [-0.4, -0.2) is 27.9 Å². The zero-order valence-corrected chi connectivity index (χ0v) is 6.69. The Labute approximate surface area is 47.1 Å². The molecular formula is C4H11AlO. The van der Waals surface area contributed by atoms with Crippen molar-refractivity contribution in [3.8, 4) is 0 Å². The molecule has 0 rings (SSSR count). The molecule has 1 atom stereocenters. The highest BCUT2D eigenvalue weighted by atomic mass is 27.0. The van der Waals surface area contributed by atoms with E-state index >= 15 is 0 Å². The van der Waals surface area contributed by atoms with Gasteiger partial charge in [0.25, 0.3) is 16.3 Å². The first-order valence-corrected chi connectivity index (χ1v) is 3.54. The Morgan fingerprint density at radius 1 is 1.83 bits per heavy atom. The Morgan fingerprint density at radius 3 is 2.33 bits per heavy atom. The average molecular weight is 102 g/mol. The molecule has 0 heterocycles. The Bertz CT molecular complexity index is 28.7. The first-order valence-electron chi connectivity index (χ1n) is 2.39. The van der Waals surface area contributed by atoms with E-state index in [1.165, 1.54) is 0 Å². The fourth-order valence-electron chi connectivity index (χ4n) is 0.333. The molecule has 0 aliphatic heterocycles. The fourth-order valence-corrected chi connectivity index (χ4v) is 0.667. The molecule has 0 saturated carbocycles. The van der Waals surface area contributed by atoms with Gasteiger partial charge in [0.15, 0.2) is 0 Å². The topological polar surface area (TPSA) is 9.23 Å². The van der Waals surface area contributed by atoms with Gasteiger partial charge in [-0.25, -0.2) is 0 Å². The maximum absolute atomic E-state index is 5.10. The summed E-state index contributed by atoms with van der Waals surface area (Å²) < 4.78 is 5.10. The Kier molecular flexibility index (Phi) is 3.98. The molecule has 1 unspecified atom stereocenters. The highest BCUT2D eigenvalue weighted by Crippen LogP contribution is 1.78. The summed E-state index contributed by atoms with van der Waals surface area (Å²) in [6.07, 6.45) is 0. The van der Waals surface area contributed by atoms with Crippen molar-refractivity contribution in [2.75, 3.05) is 6.61 Å². The van der Waals surface area contributed by atoms with Gasteiger partial charge in [0.1, 0.15) is 0 Å².